The first-order valence-electron chi connectivity index (χ1n) is 9.49. The number of likely N-dealkylation sites (tertiary alicyclic amines) is 2. The number of hydrogen-bond donors (Lipinski definition) is 1. The third-order valence-electron chi connectivity index (χ3n) is 5.56. The normalized spacial score (nSPS) is 23.7. The van der Waals surface area contributed by atoms with Crippen LogP contribution in [0.4, 0.5) is 0 Å². The van der Waals surface area contributed by atoms with Crippen molar-refractivity contribution in [1.29, 1.82) is 0 Å². The predicted octanol–water partition coefficient (Wildman–Crippen LogP) is 2.78. The maximum Gasteiger partial charge on any atom is 0.193 e. The molecular weight excluding hydrogens is 296 g/mol. The van der Waals surface area contributed by atoms with E-state index in [4.69, 9.17) is 0 Å². The standard InChI is InChI=1S/C20H32N4/c1-17-8-12-23(13-9-17)15-11-22-20(21-2)24-14-10-19(16-24)18-6-4-3-5-7-18/h3-7,17,19H,8-16H2,1-2H3,(H,21,22). The fourth-order valence-corrected chi connectivity index (χ4v) is 3.89. The first-order valence-corrected chi connectivity index (χ1v) is 9.49. The van der Waals surface area contributed by atoms with Gasteiger partial charge in [0.2, 0.25) is 0 Å². The van der Waals surface area contributed by atoms with E-state index in [2.05, 4.69) is 57.4 Å². The summed E-state index contributed by atoms with van der Waals surface area (Å²) in [7, 11) is 1.90. The molecule has 2 heterocycles. The molecule has 3 rings (SSSR count). The first kappa shape index (κ1) is 17.3. The highest BCUT2D eigenvalue weighted by Gasteiger charge is 2.25. The summed E-state index contributed by atoms with van der Waals surface area (Å²) in [6.07, 6.45) is 3.91. The molecule has 2 aliphatic heterocycles. The van der Waals surface area contributed by atoms with E-state index in [9.17, 15) is 0 Å². The lowest BCUT2D eigenvalue weighted by Gasteiger charge is -2.30. The quantitative estimate of drug-likeness (QED) is 0.681. The summed E-state index contributed by atoms with van der Waals surface area (Å²) in [5.41, 5.74) is 1.46. The lowest BCUT2D eigenvalue weighted by molar-refractivity contribution is 0.195. The molecular formula is C20H32N4. The number of hydrogen-bond acceptors (Lipinski definition) is 2. The van der Waals surface area contributed by atoms with Gasteiger partial charge in [-0.15, -0.1) is 0 Å². The van der Waals surface area contributed by atoms with E-state index in [1.165, 1.54) is 37.9 Å². The van der Waals surface area contributed by atoms with Crippen LogP contribution in [0.15, 0.2) is 35.3 Å². The summed E-state index contributed by atoms with van der Waals surface area (Å²) in [6, 6.07) is 10.9. The van der Waals surface area contributed by atoms with Gasteiger partial charge in [0.05, 0.1) is 0 Å². The third kappa shape index (κ3) is 4.50. The average Bonchev–Trinajstić information content (AvgIpc) is 3.11. The van der Waals surface area contributed by atoms with Gasteiger partial charge in [0.1, 0.15) is 0 Å². The topological polar surface area (TPSA) is 30.9 Å². The summed E-state index contributed by atoms with van der Waals surface area (Å²) in [6.45, 7) is 9.16. The predicted molar refractivity (Wildman–Crippen MR) is 102 cm³/mol. The molecule has 0 bridgehead atoms. The Morgan fingerprint density at radius 2 is 1.88 bits per heavy atom. The lowest BCUT2D eigenvalue weighted by atomic mass is 9.99. The number of piperidine rings is 1. The Morgan fingerprint density at radius 1 is 1.12 bits per heavy atom. The Kier molecular flexibility index (Phi) is 6.13. The van der Waals surface area contributed by atoms with E-state index in [0.29, 0.717) is 5.92 Å². The van der Waals surface area contributed by atoms with E-state index in [0.717, 1.165) is 38.1 Å². The highest BCUT2D eigenvalue weighted by Crippen LogP contribution is 2.26. The van der Waals surface area contributed by atoms with E-state index in [1.54, 1.807) is 0 Å². The van der Waals surface area contributed by atoms with Gasteiger partial charge < -0.3 is 15.1 Å². The van der Waals surface area contributed by atoms with Crippen LogP contribution in [0.2, 0.25) is 0 Å². The second kappa shape index (κ2) is 8.52. The molecule has 2 aliphatic rings. The summed E-state index contributed by atoms with van der Waals surface area (Å²) < 4.78 is 0. The van der Waals surface area contributed by atoms with Gasteiger partial charge in [0, 0.05) is 39.1 Å². The molecule has 4 heteroatoms. The summed E-state index contributed by atoms with van der Waals surface area (Å²) in [4.78, 5) is 9.50. The Morgan fingerprint density at radius 3 is 2.58 bits per heavy atom. The van der Waals surface area contributed by atoms with E-state index < -0.39 is 0 Å². The molecule has 0 amide bonds. The van der Waals surface area contributed by atoms with Gasteiger partial charge in [-0.3, -0.25) is 4.99 Å². The van der Waals surface area contributed by atoms with Crippen LogP contribution in [-0.4, -0.2) is 62.1 Å². The zero-order valence-electron chi connectivity index (χ0n) is 15.2. The molecule has 0 spiro atoms. The van der Waals surface area contributed by atoms with Crippen molar-refractivity contribution in [3.05, 3.63) is 35.9 Å². The van der Waals surface area contributed by atoms with Crippen molar-refractivity contribution in [2.75, 3.05) is 46.3 Å². The van der Waals surface area contributed by atoms with Crippen molar-refractivity contribution in [2.45, 2.75) is 32.1 Å². The van der Waals surface area contributed by atoms with Gasteiger partial charge in [-0.2, -0.15) is 0 Å². The van der Waals surface area contributed by atoms with E-state index in [1.807, 2.05) is 7.05 Å². The number of rotatable bonds is 4. The van der Waals surface area contributed by atoms with E-state index >= 15 is 0 Å². The second-order valence-corrected chi connectivity index (χ2v) is 7.34. The molecule has 2 fully saturated rings. The minimum absolute atomic E-state index is 0.633. The Labute approximate surface area is 146 Å². The largest absolute Gasteiger partial charge is 0.355 e. The molecule has 132 valence electrons. The van der Waals surface area contributed by atoms with Crippen LogP contribution in [0.25, 0.3) is 0 Å². The Hall–Kier alpha value is -1.55. The van der Waals surface area contributed by atoms with Crippen molar-refractivity contribution in [3.8, 4) is 0 Å². The number of benzene rings is 1. The van der Waals surface area contributed by atoms with Gasteiger partial charge in [-0.25, -0.2) is 0 Å². The monoisotopic (exact) mass is 328 g/mol. The molecule has 1 aromatic rings. The summed E-state index contributed by atoms with van der Waals surface area (Å²) in [5, 5.41) is 3.58. The van der Waals surface area contributed by atoms with Gasteiger partial charge >= 0.3 is 0 Å². The summed E-state index contributed by atoms with van der Waals surface area (Å²) >= 11 is 0. The molecule has 1 N–H and O–H groups in total. The molecule has 0 aromatic heterocycles. The van der Waals surface area contributed by atoms with Crippen LogP contribution in [0.1, 0.15) is 37.7 Å². The van der Waals surface area contributed by atoms with Crippen LogP contribution < -0.4 is 5.32 Å². The maximum atomic E-state index is 4.51. The molecule has 4 nitrogen and oxygen atoms in total. The molecule has 24 heavy (non-hydrogen) atoms. The Bertz CT molecular complexity index is 520. The average molecular weight is 329 g/mol. The number of guanidine groups is 1. The molecule has 0 saturated carbocycles. The Balaban J connectivity index is 1.43. The van der Waals surface area contributed by atoms with Crippen molar-refractivity contribution < 1.29 is 0 Å². The summed E-state index contributed by atoms with van der Waals surface area (Å²) in [5.74, 6) is 2.61. The molecule has 1 atom stereocenters. The second-order valence-electron chi connectivity index (χ2n) is 7.34. The molecule has 1 unspecified atom stereocenters. The number of nitrogens with one attached hydrogen (secondary N) is 1. The zero-order valence-corrected chi connectivity index (χ0v) is 15.2. The minimum Gasteiger partial charge on any atom is -0.355 e. The van der Waals surface area contributed by atoms with Gasteiger partial charge in [0.25, 0.3) is 0 Å². The van der Waals surface area contributed by atoms with Gasteiger partial charge in [0.15, 0.2) is 5.96 Å². The highest BCUT2D eigenvalue weighted by molar-refractivity contribution is 5.80. The SMILES string of the molecule is CN=C(NCCN1CCC(C)CC1)N1CCC(c2ccccc2)C1. The minimum atomic E-state index is 0.633. The molecule has 1 aromatic carbocycles. The fourth-order valence-electron chi connectivity index (χ4n) is 3.89. The van der Waals surface area contributed by atoms with Gasteiger partial charge in [-0.1, -0.05) is 37.3 Å². The van der Waals surface area contributed by atoms with Crippen LogP contribution in [0.5, 0.6) is 0 Å². The van der Waals surface area contributed by atoms with E-state index in [-0.39, 0.29) is 0 Å². The number of aliphatic imine (C=N–C) groups is 1. The molecule has 0 radical (unpaired) electrons. The third-order valence-corrected chi connectivity index (χ3v) is 5.56. The van der Waals surface area contributed by atoms with Crippen molar-refractivity contribution >= 4 is 5.96 Å². The van der Waals surface area contributed by atoms with Crippen LogP contribution in [0.3, 0.4) is 0 Å². The first-order chi connectivity index (χ1) is 11.8. The van der Waals surface area contributed by atoms with Crippen LogP contribution >= 0.6 is 0 Å². The lowest BCUT2D eigenvalue weighted by Crippen LogP contribution is -2.44. The molecule has 0 aliphatic carbocycles. The number of nitrogens with zero attached hydrogens (tertiary/aromatic N) is 3. The van der Waals surface area contributed by atoms with Crippen LogP contribution in [-0.2, 0) is 0 Å². The maximum absolute atomic E-state index is 4.51. The van der Waals surface area contributed by atoms with Crippen molar-refractivity contribution in [2.24, 2.45) is 10.9 Å². The van der Waals surface area contributed by atoms with Crippen molar-refractivity contribution in [1.82, 2.24) is 15.1 Å². The fraction of sp³-hybridized carbons (Fsp3) is 0.650. The van der Waals surface area contributed by atoms with Crippen LogP contribution in [0, 0.1) is 5.92 Å². The molecule has 2 saturated heterocycles. The van der Waals surface area contributed by atoms with Crippen molar-refractivity contribution in [3.63, 3.8) is 0 Å². The smallest absolute Gasteiger partial charge is 0.193 e. The highest BCUT2D eigenvalue weighted by atomic mass is 15.3. The van der Waals surface area contributed by atoms with Gasteiger partial charge in [-0.05, 0) is 43.8 Å². The zero-order chi connectivity index (χ0) is 16.8.